The molecule has 0 unspecified atom stereocenters. The quantitative estimate of drug-likeness (QED) is 0.428. The second-order valence-electron chi connectivity index (χ2n) is 10.1. The summed E-state index contributed by atoms with van der Waals surface area (Å²) in [5.41, 5.74) is 2.86. The molecule has 1 aliphatic heterocycles. The molecule has 0 bridgehead atoms. The maximum absolute atomic E-state index is 13.6. The van der Waals surface area contributed by atoms with E-state index in [1.54, 1.807) is 17.6 Å². The van der Waals surface area contributed by atoms with Gasteiger partial charge in [0.05, 0.1) is 29.7 Å². The largest absolute Gasteiger partial charge is 0.377 e. The van der Waals surface area contributed by atoms with Crippen molar-refractivity contribution in [2.45, 2.75) is 64.6 Å². The molecule has 8 nitrogen and oxygen atoms in total. The highest BCUT2D eigenvalue weighted by Crippen LogP contribution is 2.40. The minimum atomic E-state index is -3.39. The zero-order valence-electron chi connectivity index (χ0n) is 21.0. The number of rotatable bonds is 6. The average molecular weight is 510 g/mol. The summed E-state index contributed by atoms with van der Waals surface area (Å²) in [7, 11) is -3.39. The van der Waals surface area contributed by atoms with Gasteiger partial charge in [0, 0.05) is 41.1 Å². The summed E-state index contributed by atoms with van der Waals surface area (Å²) in [6, 6.07) is 9.29. The van der Waals surface area contributed by atoms with Crippen LogP contribution in [0.2, 0.25) is 0 Å². The number of hydrogen-bond acceptors (Lipinski definition) is 6. The Labute approximate surface area is 210 Å². The fourth-order valence-corrected chi connectivity index (χ4v) is 7.00. The first-order valence-corrected chi connectivity index (χ1v) is 14.2. The van der Waals surface area contributed by atoms with E-state index in [-0.39, 0.29) is 30.2 Å². The van der Waals surface area contributed by atoms with Gasteiger partial charge in [-0.25, -0.2) is 13.4 Å². The van der Waals surface area contributed by atoms with Crippen LogP contribution in [0.5, 0.6) is 0 Å². The van der Waals surface area contributed by atoms with Crippen molar-refractivity contribution < 1.29 is 18.3 Å². The third-order valence-electron chi connectivity index (χ3n) is 7.68. The number of sulfonamides is 1. The van der Waals surface area contributed by atoms with Gasteiger partial charge in [-0.1, -0.05) is 25.1 Å². The normalized spacial score (nSPS) is 19.1. The molecule has 3 heterocycles. The molecule has 1 atom stereocenters. The van der Waals surface area contributed by atoms with Gasteiger partial charge >= 0.3 is 0 Å². The van der Waals surface area contributed by atoms with Gasteiger partial charge in [-0.15, -0.1) is 0 Å². The second-order valence-corrected chi connectivity index (χ2v) is 12.0. The molecule has 190 valence electrons. The lowest BCUT2D eigenvalue weighted by Crippen LogP contribution is -2.43. The second kappa shape index (κ2) is 8.61. The number of Topliss-reactive ketones (excluding diaryl/α,β-unsaturated/α-hetero) is 1. The summed E-state index contributed by atoms with van der Waals surface area (Å²) in [5.74, 6) is -0.262. The highest BCUT2D eigenvalue weighted by atomic mass is 32.2. The molecule has 1 N–H and O–H groups in total. The van der Waals surface area contributed by atoms with E-state index in [1.807, 2.05) is 38.1 Å². The molecular formula is C27H31N3O5S. The number of fused-ring (bicyclic) bond motifs is 5. The van der Waals surface area contributed by atoms with E-state index in [0.29, 0.717) is 48.4 Å². The Kier molecular flexibility index (Phi) is 5.93. The molecule has 0 amide bonds. The molecule has 0 spiro atoms. The van der Waals surface area contributed by atoms with Crippen LogP contribution in [-0.4, -0.2) is 52.0 Å². The number of carbonyl (C=O) groups excluding carboxylic acids is 1. The third-order valence-corrected chi connectivity index (χ3v) is 9.13. The molecule has 0 saturated heterocycles. The van der Waals surface area contributed by atoms with Gasteiger partial charge in [0.15, 0.2) is 5.78 Å². The third kappa shape index (κ3) is 3.72. The molecule has 3 aromatic rings. The number of nitrogens with zero attached hydrogens (tertiary/aromatic N) is 3. The van der Waals surface area contributed by atoms with Crippen molar-refractivity contribution in [2.75, 3.05) is 12.8 Å². The predicted molar refractivity (Wildman–Crippen MR) is 138 cm³/mol. The highest BCUT2D eigenvalue weighted by Gasteiger charge is 2.43. The summed E-state index contributed by atoms with van der Waals surface area (Å²) in [5, 5.41) is 12.2. The molecule has 0 fully saturated rings. The van der Waals surface area contributed by atoms with Crippen molar-refractivity contribution >= 4 is 26.7 Å². The van der Waals surface area contributed by atoms with Gasteiger partial charge in [0.2, 0.25) is 10.0 Å². The van der Waals surface area contributed by atoms with Gasteiger partial charge in [-0.05, 0) is 50.8 Å². The van der Waals surface area contributed by atoms with E-state index in [9.17, 15) is 23.1 Å². The summed E-state index contributed by atoms with van der Waals surface area (Å²) < 4.78 is 28.0. The standard InChI is InChI=1S/C27H31N3O5S/c1-5-27(33)21-14-23-25-20(15-29(23)26(32)19(21)10-11-24(27)31)17(18-8-6-7-9-22(18)28-25)12-13-30(16(2)3)36(4,34)35/h6-9,14,16,33H,5,10-13,15H2,1-4H3/t27-/m0/s1. The van der Waals surface area contributed by atoms with Crippen LogP contribution in [0.4, 0.5) is 0 Å². The molecule has 0 radical (unpaired) electrons. The minimum Gasteiger partial charge on any atom is -0.377 e. The summed E-state index contributed by atoms with van der Waals surface area (Å²) in [6.07, 6.45) is 2.34. The van der Waals surface area contributed by atoms with Crippen LogP contribution >= 0.6 is 0 Å². The zero-order valence-corrected chi connectivity index (χ0v) is 21.9. The first kappa shape index (κ1) is 24.8. The van der Waals surface area contributed by atoms with E-state index in [0.717, 1.165) is 22.0 Å². The van der Waals surface area contributed by atoms with Crippen LogP contribution in [0.1, 0.15) is 55.9 Å². The SMILES string of the molecule is CC[C@@]1(O)C(=O)CCc2c1cc1n(c2=O)Cc2c-1nc1ccccc1c2CCN(C(C)C)S(C)(=O)=O. The number of hydrogen-bond donors (Lipinski definition) is 1. The Morgan fingerprint density at radius 1 is 1.17 bits per heavy atom. The molecule has 5 rings (SSSR count). The summed E-state index contributed by atoms with van der Waals surface area (Å²) >= 11 is 0. The van der Waals surface area contributed by atoms with Crippen LogP contribution < -0.4 is 5.56 Å². The van der Waals surface area contributed by atoms with Crippen molar-refractivity contribution in [3.05, 3.63) is 62.9 Å². The van der Waals surface area contributed by atoms with Crippen molar-refractivity contribution in [3.8, 4) is 11.4 Å². The monoisotopic (exact) mass is 509 g/mol. The first-order chi connectivity index (χ1) is 17.0. The lowest BCUT2D eigenvalue weighted by Gasteiger charge is -2.32. The van der Waals surface area contributed by atoms with Crippen LogP contribution in [0.15, 0.2) is 35.1 Å². The van der Waals surface area contributed by atoms with Gasteiger partial charge in [0.1, 0.15) is 5.60 Å². The summed E-state index contributed by atoms with van der Waals surface area (Å²) in [6.45, 7) is 6.09. The number of para-hydroxylation sites is 1. The average Bonchev–Trinajstić information content (AvgIpc) is 3.19. The number of aliphatic hydroxyl groups is 1. The minimum absolute atomic E-state index is 0.142. The zero-order chi connectivity index (χ0) is 26.0. The van der Waals surface area contributed by atoms with E-state index in [1.165, 1.54) is 10.6 Å². The first-order valence-electron chi connectivity index (χ1n) is 12.4. The van der Waals surface area contributed by atoms with Crippen molar-refractivity contribution in [1.29, 1.82) is 0 Å². The number of pyridine rings is 2. The Hall–Kier alpha value is -2.88. The van der Waals surface area contributed by atoms with E-state index < -0.39 is 15.6 Å². The number of carbonyl (C=O) groups is 1. The molecule has 36 heavy (non-hydrogen) atoms. The molecule has 1 aliphatic carbocycles. The fourth-order valence-electron chi connectivity index (χ4n) is 5.81. The fraction of sp³-hybridized carbons (Fsp3) is 0.444. The molecule has 2 aromatic heterocycles. The van der Waals surface area contributed by atoms with E-state index in [4.69, 9.17) is 4.98 Å². The smallest absolute Gasteiger partial charge is 0.254 e. The molecule has 0 saturated carbocycles. The van der Waals surface area contributed by atoms with Crippen molar-refractivity contribution in [2.24, 2.45) is 0 Å². The van der Waals surface area contributed by atoms with Crippen molar-refractivity contribution in [1.82, 2.24) is 13.9 Å². The van der Waals surface area contributed by atoms with Gasteiger partial charge in [-0.2, -0.15) is 4.31 Å². The van der Waals surface area contributed by atoms with E-state index >= 15 is 0 Å². The maximum Gasteiger partial charge on any atom is 0.254 e. The van der Waals surface area contributed by atoms with Crippen molar-refractivity contribution in [3.63, 3.8) is 0 Å². The predicted octanol–water partition coefficient (Wildman–Crippen LogP) is 2.75. The lowest BCUT2D eigenvalue weighted by atomic mass is 9.77. The lowest BCUT2D eigenvalue weighted by molar-refractivity contribution is -0.140. The maximum atomic E-state index is 13.6. The topological polar surface area (TPSA) is 110 Å². The molecular weight excluding hydrogens is 478 g/mol. The van der Waals surface area contributed by atoms with Crippen LogP contribution in [0.25, 0.3) is 22.3 Å². The number of benzene rings is 1. The number of ketones is 1. The Bertz CT molecular complexity index is 1570. The highest BCUT2D eigenvalue weighted by molar-refractivity contribution is 7.88. The van der Waals surface area contributed by atoms with Crippen LogP contribution in [0.3, 0.4) is 0 Å². The molecule has 2 aliphatic rings. The van der Waals surface area contributed by atoms with Crippen LogP contribution in [0, 0.1) is 0 Å². The Morgan fingerprint density at radius 2 is 1.89 bits per heavy atom. The molecule has 1 aromatic carbocycles. The van der Waals surface area contributed by atoms with E-state index in [2.05, 4.69) is 0 Å². The summed E-state index contributed by atoms with van der Waals surface area (Å²) in [4.78, 5) is 31.1. The Morgan fingerprint density at radius 3 is 2.56 bits per heavy atom. The molecule has 9 heteroatoms. The van der Waals surface area contributed by atoms with Crippen LogP contribution in [-0.2, 0) is 39.8 Å². The number of aromatic nitrogens is 2. The van der Waals surface area contributed by atoms with Gasteiger partial charge in [-0.3, -0.25) is 9.59 Å². The Balaban J connectivity index is 1.70. The van der Waals surface area contributed by atoms with Gasteiger partial charge in [0.25, 0.3) is 5.56 Å². The van der Waals surface area contributed by atoms with Gasteiger partial charge < -0.3 is 9.67 Å².